The molecule has 0 saturated carbocycles. The number of amides is 1. The van der Waals surface area contributed by atoms with Gasteiger partial charge < -0.3 is 5.73 Å². The third-order valence-corrected chi connectivity index (χ3v) is 3.04. The second-order valence-corrected chi connectivity index (χ2v) is 4.31. The summed E-state index contributed by atoms with van der Waals surface area (Å²) < 4.78 is 1.20. The molecule has 1 heterocycles. The van der Waals surface area contributed by atoms with Gasteiger partial charge in [-0.3, -0.25) is 9.59 Å². The van der Waals surface area contributed by atoms with Crippen LogP contribution in [0.15, 0.2) is 59.4 Å². The summed E-state index contributed by atoms with van der Waals surface area (Å²) in [5.41, 5.74) is 5.76. The molecule has 0 aliphatic carbocycles. The van der Waals surface area contributed by atoms with Gasteiger partial charge in [-0.2, -0.15) is 9.78 Å². The molecule has 0 radical (unpaired) electrons. The summed E-state index contributed by atoms with van der Waals surface area (Å²) in [7, 11) is 0. The number of benzene rings is 2. The Bertz CT molecular complexity index is 854. The monoisotopic (exact) mass is 265 g/mol. The Labute approximate surface area is 114 Å². The Morgan fingerprint density at radius 2 is 1.55 bits per heavy atom. The maximum atomic E-state index is 12.5. The number of nitrogens with zero attached hydrogens (tertiary/aromatic N) is 2. The van der Waals surface area contributed by atoms with E-state index in [1.54, 1.807) is 48.5 Å². The SMILES string of the molecule is NC(=O)c1nn(-c2ccccc2)c(=O)c2ccccc12. The quantitative estimate of drug-likeness (QED) is 0.762. The highest BCUT2D eigenvalue weighted by atomic mass is 16.1. The van der Waals surface area contributed by atoms with E-state index >= 15 is 0 Å². The van der Waals surface area contributed by atoms with Crippen molar-refractivity contribution in [1.29, 1.82) is 0 Å². The molecule has 5 heteroatoms. The summed E-state index contributed by atoms with van der Waals surface area (Å²) in [6, 6.07) is 15.7. The van der Waals surface area contributed by atoms with Gasteiger partial charge in [0.05, 0.1) is 11.1 Å². The van der Waals surface area contributed by atoms with Gasteiger partial charge in [0.1, 0.15) is 0 Å². The van der Waals surface area contributed by atoms with Gasteiger partial charge in [-0.25, -0.2) is 0 Å². The summed E-state index contributed by atoms with van der Waals surface area (Å²) in [5.74, 6) is -0.661. The highest BCUT2D eigenvalue weighted by Gasteiger charge is 2.14. The predicted octanol–water partition coefficient (Wildman–Crippen LogP) is 1.48. The number of para-hydroxylation sites is 1. The molecular formula is C15H11N3O2. The summed E-state index contributed by atoms with van der Waals surface area (Å²) in [4.78, 5) is 24.0. The number of rotatable bonds is 2. The first-order valence-electron chi connectivity index (χ1n) is 6.06. The van der Waals surface area contributed by atoms with E-state index < -0.39 is 5.91 Å². The maximum absolute atomic E-state index is 12.5. The van der Waals surface area contributed by atoms with Crippen LogP contribution in [-0.2, 0) is 0 Å². The molecule has 0 bridgehead atoms. The number of hydrogen-bond donors (Lipinski definition) is 1. The molecule has 0 spiro atoms. The van der Waals surface area contributed by atoms with E-state index in [-0.39, 0.29) is 11.3 Å². The lowest BCUT2D eigenvalue weighted by Gasteiger charge is -2.08. The van der Waals surface area contributed by atoms with E-state index in [0.29, 0.717) is 16.5 Å². The second kappa shape index (κ2) is 4.62. The Morgan fingerprint density at radius 1 is 0.950 bits per heavy atom. The smallest absolute Gasteiger partial charge is 0.279 e. The Kier molecular flexibility index (Phi) is 2.80. The molecule has 98 valence electrons. The lowest BCUT2D eigenvalue weighted by Crippen LogP contribution is -2.26. The van der Waals surface area contributed by atoms with Crippen LogP contribution in [0.3, 0.4) is 0 Å². The zero-order valence-electron chi connectivity index (χ0n) is 10.5. The molecule has 0 unspecified atom stereocenters. The Hall–Kier alpha value is -2.95. The Balaban J connectivity index is 2.43. The van der Waals surface area contributed by atoms with Crippen molar-refractivity contribution in [2.75, 3.05) is 0 Å². The zero-order valence-corrected chi connectivity index (χ0v) is 10.5. The molecule has 1 amide bonds. The first kappa shape index (κ1) is 12.1. The van der Waals surface area contributed by atoms with E-state index in [1.807, 2.05) is 6.07 Å². The fourth-order valence-corrected chi connectivity index (χ4v) is 2.12. The molecule has 5 nitrogen and oxygen atoms in total. The van der Waals surface area contributed by atoms with Crippen LogP contribution in [0, 0.1) is 0 Å². The van der Waals surface area contributed by atoms with Gasteiger partial charge in [-0.1, -0.05) is 36.4 Å². The van der Waals surface area contributed by atoms with Crippen molar-refractivity contribution in [2.45, 2.75) is 0 Å². The van der Waals surface area contributed by atoms with Gasteiger partial charge in [-0.05, 0) is 18.2 Å². The van der Waals surface area contributed by atoms with Crippen LogP contribution < -0.4 is 11.3 Å². The van der Waals surface area contributed by atoms with E-state index in [9.17, 15) is 9.59 Å². The summed E-state index contributed by atoms with van der Waals surface area (Å²) >= 11 is 0. The van der Waals surface area contributed by atoms with Crippen LogP contribution in [0.4, 0.5) is 0 Å². The van der Waals surface area contributed by atoms with Crippen molar-refractivity contribution < 1.29 is 4.79 Å². The fraction of sp³-hybridized carbons (Fsp3) is 0. The van der Waals surface area contributed by atoms with Crippen molar-refractivity contribution in [2.24, 2.45) is 5.73 Å². The third-order valence-electron chi connectivity index (χ3n) is 3.04. The molecule has 2 N–H and O–H groups in total. The topological polar surface area (TPSA) is 78.0 Å². The van der Waals surface area contributed by atoms with Crippen LogP contribution >= 0.6 is 0 Å². The number of primary amides is 1. The van der Waals surface area contributed by atoms with Gasteiger partial charge in [0, 0.05) is 5.39 Å². The minimum Gasteiger partial charge on any atom is -0.364 e. The number of hydrogen-bond acceptors (Lipinski definition) is 3. The van der Waals surface area contributed by atoms with Gasteiger partial charge in [0.15, 0.2) is 5.69 Å². The van der Waals surface area contributed by atoms with Crippen molar-refractivity contribution in [3.63, 3.8) is 0 Å². The summed E-state index contributed by atoms with van der Waals surface area (Å²) in [5, 5.41) is 4.99. The molecule has 0 aliphatic rings. The van der Waals surface area contributed by atoms with Crippen LogP contribution in [0.1, 0.15) is 10.5 Å². The molecule has 0 saturated heterocycles. The molecule has 3 rings (SSSR count). The Morgan fingerprint density at radius 3 is 2.20 bits per heavy atom. The molecule has 1 aromatic heterocycles. The van der Waals surface area contributed by atoms with Crippen LogP contribution in [0.25, 0.3) is 16.5 Å². The standard InChI is InChI=1S/C15H11N3O2/c16-14(19)13-11-8-4-5-9-12(11)15(20)18(17-13)10-6-2-1-3-7-10/h1-9H,(H2,16,19). The van der Waals surface area contributed by atoms with Crippen LogP contribution in [-0.4, -0.2) is 15.7 Å². The van der Waals surface area contributed by atoms with Gasteiger partial charge >= 0.3 is 0 Å². The highest BCUT2D eigenvalue weighted by Crippen LogP contribution is 2.14. The summed E-state index contributed by atoms with van der Waals surface area (Å²) in [6.07, 6.45) is 0. The average Bonchev–Trinajstić information content (AvgIpc) is 2.48. The highest BCUT2D eigenvalue weighted by molar-refractivity contribution is 6.04. The number of carbonyl (C=O) groups is 1. The van der Waals surface area contributed by atoms with Crippen molar-refractivity contribution in [3.05, 3.63) is 70.6 Å². The predicted molar refractivity (Wildman–Crippen MR) is 75.9 cm³/mol. The number of carbonyl (C=O) groups excluding carboxylic acids is 1. The third kappa shape index (κ3) is 1.85. The van der Waals surface area contributed by atoms with Crippen molar-refractivity contribution in [1.82, 2.24) is 9.78 Å². The zero-order chi connectivity index (χ0) is 14.1. The molecular weight excluding hydrogens is 254 g/mol. The molecule has 0 aliphatic heterocycles. The summed E-state index contributed by atoms with van der Waals surface area (Å²) in [6.45, 7) is 0. The first-order valence-corrected chi connectivity index (χ1v) is 6.06. The van der Waals surface area contributed by atoms with Crippen molar-refractivity contribution >= 4 is 16.7 Å². The first-order chi connectivity index (χ1) is 9.68. The van der Waals surface area contributed by atoms with E-state index in [4.69, 9.17) is 5.73 Å². The van der Waals surface area contributed by atoms with Gasteiger partial charge in [-0.15, -0.1) is 0 Å². The molecule has 3 aromatic rings. The van der Waals surface area contributed by atoms with Crippen LogP contribution in [0.2, 0.25) is 0 Å². The minimum absolute atomic E-state index is 0.0871. The fourth-order valence-electron chi connectivity index (χ4n) is 2.12. The maximum Gasteiger partial charge on any atom is 0.279 e. The van der Waals surface area contributed by atoms with E-state index in [2.05, 4.69) is 5.10 Å². The van der Waals surface area contributed by atoms with E-state index in [0.717, 1.165) is 0 Å². The molecule has 2 aromatic carbocycles. The molecule has 0 fully saturated rings. The number of fused-ring (bicyclic) bond motifs is 1. The largest absolute Gasteiger partial charge is 0.364 e. The molecule has 0 atom stereocenters. The lowest BCUT2D eigenvalue weighted by atomic mass is 10.1. The molecule has 20 heavy (non-hydrogen) atoms. The minimum atomic E-state index is -0.661. The van der Waals surface area contributed by atoms with Crippen molar-refractivity contribution in [3.8, 4) is 5.69 Å². The van der Waals surface area contributed by atoms with Gasteiger partial charge in [0.25, 0.3) is 11.5 Å². The number of aromatic nitrogens is 2. The van der Waals surface area contributed by atoms with Gasteiger partial charge in [0.2, 0.25) is 0 Å². The van der Waals surface area contributed by atoms with Crippen LogP contribution in [0.5, 0.6) is 0 Å². The normalized spacial score (nSPS) is 10.6. The average molecular weight is 265 g/mol. The second-order valence-electron chi connectivity index (χ2n) is 4.31. The lowest BCUT2D eigenvalue weighted by molar-refractivity contribution is 0.0995. The number of nitrogens with two attached hydrogens (primary N) is 1. The van der Waals surface area contributed by atoms with E-state index in [1.165, 1.54) is 4.68 Å².